The molecule has 2 aromatic heterocycles. The number of nitrogens with zero attached hydrogens (tertiary/aromatic N) is 4. The van der Waals surface area contributed by atoms with Gasteiger partial charge in [0, 0.05) is 63.4 Å². The van der Waals surface area contributed by atoms with Gasteiger partial charge in [0.1, 0.15) is 0 Å². The molecule has 1 spiro atoms. The number of hydrogen-bond donors (Lipinski definition) is 0. The number of hydrogen-bond acceptors (Lipinski definition) is 5. The predicted octanol–water partition coefficient (Wildman–Crippen LogP) is 2.56. The Bertz CT molecular complexity index is 739. The largest absolute Gasteiger partial charge is 0.373 e. The normalized spacial score (nSPS) is 22.5. The van der Waals surface area contributed by atoms with Gasteiger partial charge in [-0.1, -0.05) is 6.07 Å². The topological polar surface area (TPSA) is 52.4 Å². The summed E-state index contributed by atoms with van der Waals surface area (Å²) in [6.07, 6.45) is 10.1. The molecule has 0 radical (unpaired) electrons. The van der Waals surface area contributed by atoms with Crippen LogP contribution in [0, 0.1) is 6.92 Å². The minimum Gasteiger partial charge on any atom is -0.373 e. The zero-order chi connectivity index (χ0) is 18.0. The fraction of sp³-hybridized carbons (Fsp3) is 0.600. The molecule has 4 rings (SSSR count). The average Bonchev–Trinajstić information content (AvgIpc) is 3.07. The van der Waals surface area contributed by atoms with E-state index in [4.69, 9.17) is 9.47 Å². The third-order valence-electron chi connectivity index (χ3n) is 5.31. The molecule has 2 aromatic rings. The van der Waals surface area contributed by atoms with Gasteiger partial charge in [0.2, 0.25) is 0 Å². The molecule has 2 aliphatic heterocycles. The van der Waals surface area contributed by atoms with Crippen molar-refractivity contribution in [2.45, 2.75) is 58.1 Å². The smallest absolute Gasteiger partial charge is 0.0959 e. The van der Waals surface area contributed by atoms with Crippen LogP contribution < -0.4 is 0 Å². The van der Waals surface area contributed by atoms with Crippen molar-refractivity contribution >= 4 is 0 Å². The fourth-order valence-corrected chi connectivity index (χ4v) is 4.06. The van der Waals surface area contributed by atoms with E-state index in [1.807, 2.05) is 23.3 Å². The number of aromatic nitrogens is 3. The first-order valence-electron chi connectivity index (χ1n) is 9.54. The zero-order valence-electron chi connectivity index (χ0n) is 15.7. The molecule has 26 heavy (non-hydrogen) atoms. The third-order valence-corrected chi connectivity index (χ3v) is 5.31. The van der Waals surface area contributed by atoms with Gasteiger partial charge in [-0.2, -0.15) is 5.10 Å². The molecule has 0 aromatic carbocycles. The summed E-state index contributed by atoms with van der Waals surface area (Å²) in [6.45, 7) is 9.43. The molecule has 0 saturated carbocycles. The van der Waals surface area contributed by atoms with Gasteiger partial charge in [0.05, 0.1) is 24.5 Å². The summed E-state index contributed by atoms with van der Waals surface area (Å²) >= 11 is 0. The maximum Gasteiger partial charge on any atom is 0.0959 e. The van der Waals surface area contributed by atoms with E-state index in [0.29, 0.717) is 6.61 Å². The average molecular weight is 356 g/mol. The zero-order valence-corrected chi connectivity index (χ0v) is 15.7. The Kier molecular flexibility index (Phi) is 5.07. The van der Waals surface area contributed by atoms with Crippen LogP contribution in [0.3, 0.4) is 0 Å². The first kappa shape index (κ1) is 17.6. The van der Waals surface area contributed by atoms with Crippen LogP contribution >= 0.6 is 0 Å². The summed E-state index contributed by atoms with van der Waals surface area (Å²) in [5, 5.41) is 4.36. The van der Waals surface area contributed by atoms with E-state index in [9.17, 15) is 0 Å². The Balaban J connectivity index is 1.26. The van der Waals surface area contributed by atoms with Gasteiger partial charge >= 0.3 is 0 Å². The number of ether oxygens (including phenoxy) is 2. The lowest BCUT2D eigenvalue weighted by molar-refractivity contribution is -0.200. The molecule has 0 N–H and O–H groups in total. The van der Waals surface area contributed by atoms with Gasteiger partial charge in [-0.15, -0.1) is 0 Å². The van der Waals surface area contributed by atoms with Gasteiger partial charge in [-0.25, -0.2) is 0 Å². The lowest BCUT2D eigenvalue weighted by Crippen LogP contribution is -2.65. The summed E-state index contributed by atoms with van der Waals surface area (Å²) < 4.78 is 14.3. The number of rotatable bonds is 6. The maximum atomic E-state index is 6.17. The van der Waals surface area contributed by atoms with E-state index < -0.39 is 0 Å². The van der Waals surface area contributed by atoms with E-state index in [2.05, 4.69) is 41.1 Å². The quantitative estimate of drug-likeness (QED) is 0.796. The van der Waals surface area contributed by atoms with Crippen LogP contribution in [0.1, 0.15) is 36.5 Å². The Morgan fingerprint density at radius 1 is 1.27 bits per heavy atom. The lowest BCUT2D eigenvalue weighted by Gasteiger charge is -2.53. The first-order chi connectivity index (χ1) is 12.6. The molecule has 4 heterocycles. The van der Waals surface area contributed by atoms with Crippen LogP contribution in [-0.4, -0.2) is 51.1 Å². The highest BCUT2D eigenvalue weighted by Gasteiger charge is 2.47. The predicted molar refractivity (Wildman–Crippen MR) is 98.6 cm³/mol. The Hall–Kier alpha value is -1.76. The van der Waals surface area contributed by atoms with Crippen LogP contribution in [0.15, 0.2) is 30.9 Å². The van der Waals surface area contributed by atoms with E-state index in [1.54, 1.807) is 0 Å². The summed E-state index contributed by atoms with van der Waals surface area (Å²) in [4.78, 5) is 6.68. The SMILES string of the molecule is CCn1cc(CN2CC3(C[C@@H](OCc4cncc(C)c4)CCO3)C2)cn1. The molecule has 0 amide bonds. The van der Waals surface area contributed by atoms with Crippen molar-refractivity contribution in [1.29, 1.82) is 0 Å². The molecule has 6 nitrogen and oxygen atoms in total. The molecule has 6 heteroatoms. The van der Waals surface area contributed by atoms with Crippen molar-refractivity contribution in [3.05, 3.63) is 47.5 Å². The highest BCUT2D eigenvalue weighted by atomic mass is 16.5. The molecular formula is C20H28N4O2. The molecule has 0 aliphatic carbocycles. The summed E-state index contributed by atoms with van der Waals surface area (Å²) in [5.41, 5.74) is 3.58. The first-order valence-corrected chi connectivity index (χ1v) is 9.54. The van der Waals surface area contributed by atoms with Crippen molar-refractivity contribution in [2.24, 2.45) is 0 Å². The third kappa shape index (κ3) is 3.98. The van der Waals surface area contributed by atoms with E-state index in [1.165, 1.54) is 11.1 Å². The van der Waals surface area contributed by atoms with Crippen LogP contribution in [-0.2, 0) is 29.2 Å². The Labute approximate surface area is 155 Å². The fourth-order valence-electron chi connectivity index (χ4n) is 4.06. The standard InChI is InChI=1S/C20H28N4O2/c1-3-24-12-18(10-22-24)11-23-14-20(15-23)7-19(4-5-26-20)25-13-17-6-16(2)8-21-9-17/h6,8-10,12,19H,3-5,7,11,13-15H2,1-2H3/t19-/m0/s1. The second kappa shape index (κ2) is 7.47. The maximum absolute atomic E-state index is 6.17. The van der Waals surface area contributed by atoms with Gasteiger partial charge in [0.25, 0.3) is 0 Å². The van der Waals surface area contributed by atoms with Crippen LogP contribution in [0.5, 0.6) is 0 Å². The van der Waals surface area contributed by atoms with Crippen molar-refractivity contribution in [1.82, 2.24) is 19.7 Å². The van der Waals surface area contributed by atoms with Gasteiger partial charge in [0.15, 0.2) is 0 Å². The summed E-state index contributed by atoms with van der Waals surface area (Å²) in [5.74, 6) is 0. The highest BCUT2D eigenvalue weighted by Crippen LogP contribution is 2.36. The number of aryl methyl sites for hydroxylation is 2. The van der Waals surface area contributed by atoms with Crippen LogP contribution in [0.4, 0.5) is 0 Å². The monoisotopic (exact) mass is 356 g/mol. The number of likely N-dealkylation sites (tertiary alicyclic amines) is 1. The summed E-state index contributed by atoms with van der Waals surface area (Å²) in [7, 11) is 0. The van der Waals surface area contributed by atoms with Gasteiger partial charge in [-0.3, -0.25) is 14.6 Å². The Morgan fingerprint density at radius 2 is 2.15 bits per heavy atom. The van der Waals surface area contributed by atoms with Crippen molar-refractivity contribution in [3.8, 4) is 0 Å². The Morgan fingerprint density at radius 3 is 2.92 bits per heavy atom. The molecule has 0 bridgehead atoms. The molecule has 140 valence electrons. The van der Waals surface area contributed by atoms with Gasteiger partial charge in [-0.05, 0) is 31.4 Å². The molecule has 0 unspecified atom stereocenters. The molecule has 2 aliphatic rings. The van der Waals surface area contributed by atoms with Crippen molar-refractivity contribution in [3.63, 3.8) is 0 Å². The van der Waals surface area contributed by atoms with E-state index in [0.717, 1.165) is 51.2 Å². The second-order valence-electron chi connectivity index (χ2n) is 7.68. The second-order valence-corrected chi connectivity index (χ2v) is 7.68. The molecular weight excluding hydrogens is 328 g/mol. The van der Waals surface area contributed by atoms with E-state index >= 15 is 0 Å². The highest BCUT2D eigenvalue weighted by molar-refractivity contribution is 5.15. The van der Waals surface area contributed by atoms with E-state index in [-0.39, 0.29) is 11.7 Å². The molecule has 2 saturated heterocycles. The van der Waals surface area contributed by atoms with Crippen molar-refractivity contribution in [2.75, 3.05) is 19.7 Å². The molecule has 2 fully saturated rings. The summed E-state index contributed by atoms with van der Waals surface area (Å²) in [6, 6.07) is 2.14. The minimum absolute atomic E-state index is 0.0193. The van der Waals surface area contributed by atoms with Crippen molar-refractivity contribution < 1.29 is 9.47 Å². The molecule has 1 atom stereocenters. The minimum atomic E-state index is -0.0193. The lowest BCUT2D eigenvalue weighted by atomic mass is 9.84. The number of pyridine rings is 1. The van der Waals surface area contributed by atoms with Crippen LogP contribution in [0.2, 0.25) is 0 Å². The van der Waals surface area contributed by atoms with Crippen LogP contribution in [0.25, 0.3) is 0 Å². The van der Waals surface area contributed by atoms with Gasteiger partial charge < -0.3 is 9.47 Å².